The van der Waals surface area contributed by atoms with Gasteiger partial charge in [0.25, 0.3) is 5.91 Å². The molecule has 0 aromatic heterocycles. The summed E-state index contributed by atoms with van der Waals surface area (Å²) >= 11 is 5.01. The number of carbonyl (C=O) groups excluding carboxylic acids is 1. The number of hydrogen-bond donors (Lipinski definition) is 3. The highest BCUT2D eigenvalue weighted by atomic mass is 32.1. The molecule has 0 saturated carbocycles. The molecule has 0 atom stereocenters. The summed E-state index contributed by atoms with van der Waals surface area (Å²) in [4.78, 5) is 11.1. The van der Waals surface area contributed by atoms with Crippen molar-refractivity contribution >= 4 is 28.9 Å². The minimum Gasteiger partial charge on any atom is -0.494 e. The Labute approximate surface area is 117 Å². The fourth-order valence-electron chi connectivity index (χ4n) is 1.26. The van der Waals surface area contributed by atoms with E-state index in [0.717, 1.165) is 11.4 Å². The first kappa shape index (κ1) is 15.2. The number of nitrogens with one attached hydrogen (secondary N) is 3. The molecule has 0 fully saturated rings. The van der Waals surface area contributed by atoms with Crippen LogP contribution in [0, 0.1) is 0 Å². The molecule has 104 valence electrons. The molecule has 3 N–H and O–H groups in total. The van der Waals surface area contributed by atoms with Crippen LogP contribution in [0.3, 0.4) is 0 Å². The molecule has 1 amide bonds. The molecular weight excluding hydrogens is 266 g/mol. The Hall–Kier alpha value is -1.86. The van der Waals surface area contributed by atoms with Crippen LogP contribution in [0.5, 0.6) is 5.75 Å². The van der Waals surface area contributed by atoms with Crippen LogP contribution in [0.15, 0.2) is 24.3 Å². The van der Waals surface area contributed by atoms with E-state index in [1.54, 1.807) is 0 Å². The van der Waals surface area contributed by atoms with Crippen molar-refractivity contribution in [3.05, 3.63) is 24.3 Å². The van der Waals surface area contributed by atoms with Crippen molar-refractivity contribution < 1.29 is 14.3 Å². The molecule has 0 spiro atoms. The second-order valence-corrected chi connectivity index (χ2v) is 3.93. The Bertz CT molecular complexity index is 423. The molecule has 0 aliphatic heterocycles. The van der Waals surface area contributed by atoms with E-state index in [0.29, 0.717) is 6.61 Å². The maximum absolute atomic E-state index is 11.1. The molecule has 6 nitrogen and oxygen atoms in total. The minimum absolute atomic E-state index is 0.0291. The van der Waals surface area contributed by atoms with Gasteiger partial charge in [0.1, 0.15) is 12.4 Å². The number of amides is 1. The zero-order valence-electron chi connectivity index (χ0n) is 10.9. The van der Waals surface area contributed by atoms with E-state index in [-0.39, 0.29) is 17.6 Å². The number of rotatable bonds is 5. The topological polar surface area (TPSA) is 71.6 Å². The van der Waals surface area contributed by atoms with Gasteiger partial charge in [-0.3, -0.25) is 15.6 Å². The number of carbonyl (C=O) groups is 1. The van der Waals surface area contributed by atoms with E-state index in [4.69, 9.17) is 17.0 Å². The predicted molar refractivity (Wildman–Crippen MR) is 77.0 cm³/mol. The average molecular weight is 283 g/mol. The van der Waals surface area contributed by atoms with Crippen LogP contribution >= 0.6 is 12.2 Å². The van der Waals surface area contributed by atoms with E-state index < -0.39 is 0 Å². The van der Waals surface area contributed by atoms with Gasteiger partial charge < -0.3 is 14.8 Å². The van der Waals surface area contributed by atoms with E-state index in [1.165, 1.54) is 7.11 Å². The molecule has 7 heteroatoms. The van der Waals surface area contributed by atoms with Crippen LogP contribution in [0.4, 0.5) is 5.69 Å². The van der Waals surface area contributed by atoms with Gasteiger partial charge in [-0.1, -0.05) is 0 Å². The lowest BCUT2D eigenvalue weighted by molar-refractivity contribution is -0.125. The number of hydrazine groups is 1. The minimum atomic E-state index is -0.307. The number of anilines is 1. The van der Waals surface area contributed by atoms with Gasteiger partial charge in [0.2, 0.25) is 0 Å². The first-order valence-electron chi connectivity index (χ1n) is 5.73. The number of ether oxygens (including phenoxy) is 2. The first-order valence-corrected chi connectivity index (χ1v) is 6.14. The molecule has 0 radical (unpaired) electrons. The smallest absolute Gasteiger partial charge is 0.264 e. The van der Waals surface area contributed by atoms with Crippen molar-refractivity contribution in [3.63, 3.8) is 0 Å². The lowest BCUT2D eigenvalue weighted by Gasteiger charge is -2.11. The Balaban J connectivity index is 2.37. The quantitative estimate of drug-likeness (QED) is 0.554. The molecule has 19 heavy (non-hydrogen) atoms. The van der Waals surface area contributed by atoms with Gasteiger partial charge in [-0.15, -0.1) is 0 Å². The molecule has 1 aromatic rings. The summed E-state index contributed by atoms with van der Waals surface area (Å²) < 4.78 is 9.99. The van der Waals surface area contributed by atoms with Crippen LogP contribution in [-0.2, 0) is 9.53 Å². The molecule has 0 bridgehead atoms. The number of methoxy groups -OCH3 is 1. The van der Waals surface area contributed by atoms with E-state index >= 15 is 0 Å². The van der Waals surface area contributed by atoms with Crippen LogP contribution in [0.2, 0.25) is 0 Å². The average Bonchev–Trinajstić information content (AvgIpc) is 2.39. The summed E-state index contributed by atoms with van der Waals surface area (Å²) in [5.74, 6) is 0.485. The third-order valence-electron chi connectivity index (χ3n) is 2.01. The Morgan fingerprint density at radius 2 is 1.95 bits per heavy atom. The SMILES string of the molecule is CCOc1ccc(NC(=S)NNC(=O)COC)cc1. The molecule has 0 aliphatic carbocycles. The fourth-order valence-corrected chi connectivity index (χ4v) is 1.43. The summed E-state index contributed by atoms with van der Waals surface area (Å²) in [5.41, 5.74) is 5.75. The zero-order valence-corrected chi connectivity index (χ0v) is 11.7. The highest BCUT2D eigenvalue weighted by Gasteiger charge is 2.01. The summed E-state index contributed by atoms with van der Waals surface area (Å²) in [6.07, 6.45) is 0. The lowest BCUT2D eigenvalue weighted by atomic mass is 10.3. The normalized spacial score (nSPS) is 9.58. The molecule has 0 saturated heterocycles. The van der Waals surface area contributed by atoms with Gasteiger partial charge in [0.05, 0.1) is 6.61 Å². The van der Waals surface area contributed by atoms with Crippen molar-refractivity contribution in [1.82, 2.24) is 10.9 Å². The second-order valence-electron chi connectivity index (χ2n) is 3.52. The maximum atomic E-state index is 11.1. The largest absolute Gasteiger partial charge is 0.494 e. The molecule has 0 heterocycles. The fraction of sp³-hybridized carbons (Fsp3) is 0.333. The Morgan fingerprint density at radius 1 is 1.26 bits per heavy atom. The Kier molecular flexibility index (Phi) is 6.62. The summed E-state index contributed by atoms with van der Waals surface area (Å²) in [5, 5.41) is 3.20. The second kappa shape index (κ2) is 8.28. The molecule has 0 unspecified atom stereocenters. The third kappa shape index (κ3) is 6.03. The van der Waals surface area contributed by atoms with Gasteiger partial charge in [-0.05, 0) is 43.4 Å². The summed E-state index contributed by atoms with van der Waals surface area (Å²) in [7, 11) is 1.44. The molecule has 1 rings (SSSR count). The number of thiocarbonyl (C=S) groups is 1. The van der Waals surface area contributed by atoms with E-state index in [1.807, 2.05) is 31.2 Å². The van der Waals surface area contributed by atoms with Crippen molar-refractivity contribution in [2.45, 2.75) is 6.92 Å². The molecule has 1 aromatic carbocycles. The van der Waals surface area contributed by atoms with Crippen molar-refractivity contribution in [1.29, 1.82) is 0 Å². The Morgan fingerprint density at radius 3 is 2.53 bits per heavy atom. The van der Waals surface area contributed by atoms with Crippen LogP contribution in [0.25, 0.3) is 0 Å². The molecule has 0 aliphatic rings. The maximum Gasteiger partial charge on any atom is 0.264 e. The van der Waals surface area contributed by atoms with Crippen LogP contribution in [0.1, 0.15) is 6.92 Å². The lowest BCUT2D eigenvalue weighted by Crippen LogP contribution is -2.45. The van der Waals surface area contributed by atoms with Gasteiger partial charge in [0, 0.05) is 12.8 Å². The van der Waals surface area contributed by atoms with Gasteiger partial charge in [0.15, 0.2) is 5.11 Å². The van der Waals surface area contributed by atoms with E-state index in [2.05, 4.69) is 20.9 Å². The number of hydrogen-bond acceptors (Lipinski definition) is 4. The van der Waals surface area contributed by atoms with Gasteiger partial charge in [-0.25, -0.2) is 0 Å². The van der Waals surface area contributed by atoms with Crippen LogP contribution in [-0.4, -0.2) is 31.3 Å². The van der Waals surface area contributed by atoms with Gasteiger partial charge >= 0.3 is 0 Å². The molecular formula is C12H17N3O3S. The highest BCUT2D eigenvalue weighted by molar-refractivity contribution is 7.80. The first-order chi connectivity index (χ1) is 9.15. The third-order valence-corrected chi connectivity index (χ3v) is 2.22. The van der Waals surface area contributed by atoms with Crippen molar-refractivity contribution in [3.8, 4) is 5.75 Å². The summed E-state index contributed by atoms with van der Waals surface area (Å²) in [6.45, 7) is 2.52. The number of benzene rings is 1. The summed E-state index contributed by atoms with van der Waals surface area (Å²) in [6, 6.07) is 7.32. The van der Waals surface area contributed by atoms with Crippen LogP contribution < -0.4 is 20.9 Å². The van der Waals surface area contributed by atoms with E-state index in [9.17, 15) is 4.79 Å². The monoisotopic (exact) mass is 283 g/mol. The van der Waals surface area contributed by atoms with Crippen molar-refractivity contribution in [2.75, 3.05) is 25.6 Å². The van der Waals surface area contributed by atoms with Crippen molar-refractivity contribution in [2.24, 2.45) is 0 Å². The standard InChI is InChI=1S/C12H17N3O3S/c1-3-18-10-6-4-9(5-7-10)13-12(19)15-14-11(16)8-17-2/h4-7H,3,8H2,1-2H3,(H,14,16)(H2,13,15,19). The van der Waals surface area contributed by atoms with Gasteiger partial charge in [-0.2, -0.15) is 0 Å². The highest BCUT2D eigenvalue weighted by Crippen LogP contribution is 2.15. The zero-order chi connectivity index (χ0) is 14.1. The predicted octanol–water partition coefficient (Wildman–Crippen LogP) is 1.05.